The van der Waals surface area contributed by atoms with Crippen LogP contribution in [0.15, 0.2) is 59.6 Å². The largest absolute Gasteiger partial charge is 0.379 e. The predicted octanol–water partition coefficient (Wildman–Crippen LogP) is 2.59. The number of halogens is 1. The average Bonchev–Trinajstić information content (AvgIpc) is 3.17. The van der Waals surface area contributed by atoms with Gasteiger partial charge in [-0.3, -0.25) is 9.69 Å². The summed E-state index contributed by atoms with van der Waals surface area (Å²) in [6.45, 7) is 4.80. The molecule has 0 atom stereocenters. The molecule has 0 aliphatic carbocycles. The Morgan fingerprint density at radius 2 is 1.88 bits per heavy atom. The summed E-state index contributed by atoms with van der Waals surface area (Å²) in [5.41, 5.74) is 1.05. The first kappa shape index (κ1) is 23.4. The number of hydrogen-bond donors (Lipinski definition) is 1. The Morgan fingerprint density at radius 3 is 2.67 bits per heavy atom. The van der Waals surface area contributed by atoms with Crippen molar-refractivity contribution in [3.8, 4) is 0 Å². The predicted molar refractivity (Wildman–Crippen MR) is 124 cm³/mol. The number of para-hydroxylation sites is 1. The van der Waals surface area contributed by atoms with E-state index in [1.165, 1.54) is 24.4 Å². The normalized spacial score (nSPS) is 15.1. The van der Waals surface area contributed by atoms with Crippen LogP contribution in [0.2, 0.25) is 0 Å². The first-order valence-corrected chi connectivity index (χ1v) is 12.7. The Balaban J connectivity index is 1.43. The van der Waals surface area contributed by atoms with Crippen molar-refractivity contribution in [1.82, 2.24) is 14.8 Å². The van der Waals surface area contributed by atoms with Crippen molar-refractivity contribution in [2.45, 2.75) is 23.6 Å². The number of morpholine rings is 1. The number of rotatable bonds is 9. The summed E-state index contributed by atoms with van der Waals surface area (Å²) < 4.78 is 46.8. The fourth-order valence-corrected chi connectivity index (χ4v) is 5.65. The molecular weight excluding hydrogens is 445 g/mol. The molecule has 1 N–H and O–H groups in total. The summed E-state index contributed by atoms with van der Waals surface area (Å²) in [5.74, 6) is -0.964. The minimum absolute atomic E-state index is 0.0214. The van der Waals surface area contributed by atoms with Crippen LogP contribution in [0.1, 0.15) is 12.0 Å². The van der Waals surface area contributed by atoms with Crippen molar-refractivity contribution < 1.29 is 22.3 Å². The third-order valence-corrected chi connectivity index (χ3v) is 7.43. The summed E-state index contributed by atoms with van der Waals surface area (Å²) in [6, 6.07) is 12.7. The second-order valence-electron chi connectivity index (χ2n) is 8.18. The molecule has 33 heavy (non-hydrogen) atoms. The lowest BCUT2D eigenvalue weighted by atomic mass is 10.2. The quantitative estimate of drug-likeness (QED) is 0.483. The SMILES string of the molecule is O=C(Cn1cc(S(=O)(=O)Cc2cccc(F)c2)c2ccccc21)NCCCN1CCOCC1. The number of carbonyl (C=O) groups is 1. The van der Waals surface area contributed by atoms with E-state index in [9.17, 15) is 17.6 Å². The molecule has 3 aromatic rings. The number of carbonyl (C=O) groups excluding carboxylic acids is 1. The van der Waals surface area contributed by atoms with Gasteiger partial charge in [0.05, 0.1) is 23.9 Å². The number of aromatic nitrogens is 1. The molecule has 0 radical (unpaired) electrons. The van der Waals surface area contributed by atoms with E-state index in [0.717, 1.165) is 39.3 Å². The van der Waals surface area contributed by atoms with Gasteiger partial charge in [-0.1, -0.05) is 30.3 Å². The summed E-state index contributed by atoms with van der Waals surface area (Å²) >= 11 is 0. The Bertz CT molecular complexity index is 1220. The highest BCUT2D eigenvalue weighted by molar-refractivity contribution is 7.90. The molecule has 1 aliphatic heterocycles. The molecule has 1 aliphatic rings. The van der Waals surface area contributed by atoms with Crippen molar-refractivity contribution in [2.24, 2.45) is 0 Å². The van der Waals surface area contributed by atoms with Gasteiger partial charge in [0.25, 0.3) is 0 Å². The van der Waals surface area contributed by atoms with E-state index in [2.05, 4.69) is 10.2 Å². The Hall–Kier alpha value is -2.75. The Kier molecular flexibility index (Phi) is 7.42. The van der Waals surface area contributed by atoms with Crippen molar-refractivity contribution in [1.29, 1.82) is 0 Å². The van der Waals surface area contributed by atoms with Crippen LogP contribution in [0.4, 0.5) is 4.39 Å². The molecule has 0 spiro atoms. The number of nitrogens with zero attached hydrogens (tertiary/aromatic N) is 2. The van der Waals surface area contributed by atoms with Gasteiger partial charge in [-0.15, -0.1) is 0 Å². The van der Waals surface area contributed by atoms with E-state index in [1.54, 1.807) is 28.8 Å². The van der Waals surface area contributed by atoms with Crippen LogP contribution < -0.4 is 5.32 Å². The highest BCUT2D eigenvalue weighted by Gasteiger charge is 2.22. The maximum atomic E-state index is 13.5. The number of ether oxygens (including phenoxy) is 1. The van der Waals surface area contributed by atoms with E-state index in [-0.39, 0.29) is 23.1 Å². The summed E-state index contributed by atoms with van der Waals surface area (Å²) in [4.78, 5) is 15.0. The van der Waals surface area contributed by atoms with Crippen LogP contribution in [0.3, 0.4) is 0 Å². The van der Waals surface area contributed by atoms with E-state index in [0.29, 0.717) is 23.0 Å². The molecule has 9 heteroatoms. The van der Waals surface area contributed by atoms with Crippen LogP contribution in [0.5, 0.6) is 0 Å². The lowest BCUT2D eigenvalue weighted by Crippen LogP contribution is -2.38. The van der Waals surface area contributed by atoms with Crippen LogP contribution in [0, 0.1) is 5.82 Å². The zero-order valence-electron chi connectivity index (χ0n) is 18.4. The Labute approximate surface area is 193 Å². The zero-order chi connectivity index (χ0) is 23.3. The summed E-state index contributed by atoms with van der Waals surface area (Å²) in [7, 11) is -3.74. The zero-order valence-corrected chi connectivity index (χ0v) is 19.2. The molecule has 1 amide bonds. The maximum absolute atomic E-state index is 13.5. The molecule has 4 rings (SSSR count). The molecule has 1 aromatic heterocycles. The molecule has 2 heterocycles. The van der Waals surface area contributed by atoms with Gasteiger partial charge in [0.15, 0.2) is 9.84 Å². The highest BCUT2D eigenvalue weighted by atomic mass is 32.2. The standard InChI is InChI=1S/C24H28FN3O4S/c25-20-6-3-5-19(15-20)18-33(30,31)23-16-28(22-8-2-1-7-21(22)23)17-24(29)26-9-4-10-27-11-13-32-14-12-27/h1-3,5-8,15-16H,4,9-14,17-18H2,(H,26,29). The fraction of sp³-hybridized carbons (Fsp3) is 0.375. The number of hydrogen-bond acceptors (Lipinski definition) is 5. The molecule has 0 saturated carbocycles. The fourth-order valence-electron chi connectivity index (χ4n) is 4.08. The van der Waals surface area contributed by atoms with Gasteiger partial charge in [-0.05, 0) is 36.7 Å². The lowest BCUT2D eigenvalue weighted by Gasteiger charge is -2.26. The number of nitrogens with one attached hydrogen (secondary N) is 1. The maximum Gasteiger partial charge on any atom is 0.239 e. The third-order valence-electron chi connectivity index (χ3n) is 5.72. The molecule has 1 fully saturated rings. The molecule has 1 saturated heterocycles. The second kappa shape index (κ2) is 10.5. The topological polar surface area (TPSA) is 80.6 Å². The molecule has 0 unspecified atom stereocenters. The third kappa shape index (κ3) is 5.98. The highest BCUT2D eigenvalue weighted by Crippen LogP contribution is 2.28. The van der Waals surface area contributed by atoms with Gasteiger partial charge >= 0.3 is 0 Å². The number of sulfone groups is 1. The van der Waals surface area contributed by atoms with Gasteiger partial charge in [0.2, 0.25) is 5.91 Å². The molecular formula is C24H28FN3O4S. The number of amides is 1. The van der Waals surface area contributed by atoms with E-state index >= 15 is 0 Å². The monoisotopic (exact) mass is 473 g/mol. The van der Waals surface area contributed by atoms with Gasteiger partial charge in [-0.2, -0.15) is 0 Å². The molecule has 2 aromatic carbocycles. The molecule has 7 nitrogen and oxygen atoms in total. The first-order valence-electron chi connectivity index (χ1n) is 11.0. The van der Waals surface area contributed by atoms with Crippen LogP contribution in [-0.4, -0.2) is 63.2 Å². The van der Waals surface area contributed by atoms with E-state index in [1.807, 2.05) is 6.07 Å². The second-order valence-corrected chi connectivity index (χ2v) is 10.1. The molecule has 176 valence electrons. The van der Waals surface area contributed by atoms with Crippen molar-refractivity contribution >= 4 is 26.6 Å². The minimum atomic E-state index is -3.74. The first-order chi connectivity index (χ1) is 15.9. The van der Waals surface area contributed by atoms with Gasteiger partial charge in [0, 0.05) is 36.7 Å². The number of fused-ring (bicyclic) bond motifs is 1. The summed E-state index contributed by atoms with van der Waals surface area (Å²) in [5, 5.41) is 3.47. The van der Waals surface area contributed by atoms with E-state index in [4.69, 9.17) is 4.74 Å². The van der Waals surface area contributed by atoms with E-state index < -0.39 is 15.7 Å². The van der Waals surface area contributed by atoms with Crippen LogP contribution in [0.25, 0.3) is 10.9 Å². The smallest absolute Gasteiger partial charge is 0.239 e. The lowest BCUT2D eigenvalue weighted by molar-refractivity contribution is -0.121. The Morgan fingerprint density at radius 1 is 1.09 bits per heavy atom. The van der Waals surface area contributed by atoms with Crippen LogP contribution >= 0.6 is 0 Å². The summed E-state index contributed by atoms with van der Waals surface area (Å²) in [6.07, 6.45) is 2.35. The van der Waals surface area contributed by atoms with Gasteiger partial charge in [-0.25, -0.2) is 12.8 Å². The van der Waals surface area contributed by atoms with Gasteiger partial charge < -0.3 is 14.6 Å². The van der Waals surface area contributed by atoms with Crippen molar-refractivity contribution in [2.75, 3.05) is 39.4 Å². The van der Waals surface area contributed by atoms with Gasteiger partial charge in [0.1, 0.15) is 12.4 Å². The van der Waals surface area contributed by atoms with Crippen molar-refractivity contribution in [3.63, 3.8) is 0 Å². The van der Waals surface area contributed by atoms with Crippen molar-refractivity contribution in [3.05, 3.63) is 66.1 Å². The minimum Gasteiger partial charge on any atom is -0.379 e. The average molecular weight is 474 g/mol. The number of benzene rings is 2. The van der Waals surface area contributed by atoms with Crippen LogP contribution in [-0.2, 0) is 31.7 Å². The molecule has 0 bridgehead atoms.